The minimum absolute atomic E-state index is 0.0353. The molecule has 1 unspecified atom stereocenters. The number of nitrogens with zero attached hydrogens (tertiary/aromatic N) is 1. The SMILES string of the molecule is Cc1ccccc1NC(=O)C[N+]12CCC(CC1)C(OC(=O)C1(c3ccccc3)CCCCCC1)C2. The fraction of sp³-hybridized carbons (Fsp3) is 0.533. The van der Waals surface area contributed by atoms with Gasteiger partial charge in [-0.2, -0.15) is 0 Å². The summed E-state index contributed by atoms with van der Waals surface area (Å²) < 4.78 is 7.16. The van der Waals surface area contributed by atoms with E-state index < -0.39 is 5.41 Å². The standard InChI is InChI=1S/C30H38N2O3/c1-23-11-7-8-14-26(23)31-28(33)22-32-19-15-24(16-20-32)27(21-32)35-29(34)30(17-9-2-3-10-18-30)25-12-5-4-6-13-25/h4-8,11-14,24,27H,2-3,9-10,15-22H2,1H3/p+1. The van der Waals surface area contributed by atoms with Crippen LogP contribution in [0.25, 0.3) is 0 Å². The van der Waals surface area contributed by atoms with E-state index in [0.29, 0.717) is 12.5 Å². The third kappa shape index (κ3) is 5.02. The van der Waals surface area contributed by atoms with Crippen LogP contribution in [0.5, 0.6) is 0 Å². The number of piperidine rings is 3. The number of amides is 1. The molecule has 5 nitrogen and oxygen atoms in total. The van der Waals surface area contributed by atoms with Crippen molar-refractivity contribution < 1.29 is 18.8 Å². The minimum atomic E-state index is -0.531. The Morgan fingerprint density at radius 3 is 2.29 bits per heavy atom. The summed E-state index contributed by atoms with van der Waals surface area (Å²) in [5, 5.41) is 3.11. The summed E-state index contributed by atoms with van der Waals surface area (Å²) >= 11 is 0. The van der Waals surface area contributed by atoms with Crippen LogP contribution < -0.4 is 5.32 Å². The number of anilines is 1. The van der Waals surface area contributed by atoms with Gasteiger partial charge in [0, 0.05) is 24.4 Å². The zero-order valence-electron chi connectivity index (χ0n) is 21.0. The average Bonchev–Trinajstić information content (AvgIpc) is 3.14. The van der Waals surface area contributed by atoms with Crippen molar-refractivity contribution in [3.63, 3.8) is 0 Å². The van der Waals surface area contributed by atoms with Gasteiger partial charge < -0.3 is 14.5 Å². The molecule has 2 aromatic carbocycles. The fourth-order valence-electron chi connectivity index (χ4n) is 6.73. The van der Waals surface area contributed by atoms with Crippen molar-refractivity contribution in [3.8, 4) is 0 Å². The van der Waals surface area contributed by atoms with E-state index in [2.05, 4.69) is 17.4 Å². The second-order valence-electron chi connectivity index (χ2n) is 11.1. The summed E-state index contributed by atoms with van der Waals surface area (Å²) in [7, 11) is 0. The van der Waals surface area contributed by atoms with Crippen molar-refractivity contribution in [2.24, 2.45) is 5.92 Å². The van der Waals surface area contributed by atoms with Gasteiger partial charge in [-0.25, -0.2) is 0 Å². The fourth-order valence-corrected chi connectivity index (χ4v) is 6.73. The lowest BCUT2D eigenvalue weighted by molar-refractivity contribution is -0.939. The number of fused-ring (bicyclic) bond motifs is 3. The Bertz CT molecular complexity index is 1030. The van der Waals surface area contributed by atoms with E-state index in [4.69, 9.17) is 4.74 Å². The summed E-state index contributed by atoms with van der Waals surface area (Å²) in [5.74, 6) is 0.429. The smallest absolute Gasteiger partial charge is 0.317 e. The number of hydrogen-bond donors (Lipinski definition) is 1. The molecule has 3 saturated heterocycles. The summed E-state index contributed by atoms with van der Waals surface area (Å²) in [6.07, 6.45) is 8.18. The van der Waals surface area contributed by atoms with Crippen LogP contribution in [-0.4, -0.2) is 48.6 Å². The Kier molecular flexibility index (Phi) is 6.97. The molecule has 1 amide bonds. The van der Waals surface area contributed by atoms with Crippen molar-refractivity contribution in [1.29, 1.82) is 0 Å². The number of benzene rings is 2. The van der Waals surface area contributed by atoms with Crippen molar-refractivity contribution in [3.05, 3.63) is 65.7 Å². The van der Waals surface area contributed by atoms with Crippen LogP contribution in [0.1, 0.15) is 62.5 Å². The Labute approximate surface area is 209 Å². The Morgan fingerprint density at radius 2 is 1.60 bits per heavy atom. The maximum atomic E-state index is 13.9. The molecule has 4 aliphatic rings. The summed E-state index contributed by atoms with van der Waals surface area (Å²) in [4.78, 5) is 26.9. The van der Waals surface area contributed by atoms with Crippen LogP contribution in [0.2, 0.25) is 0 Å². The number of ether oxygens (including phenoxy) is 1. The molecule has 0 aromatic heterocycles. The number of nitrogens with one attached hydrogen (secondary N) is 1. The summed E-state index contributed by atoms with van der Waals surface area (Å²) in [5.41, 5.74) is 2.52. The highest BCUT2D eigenvalue weighted by atomic mass is 16.5. The first-order valence-corrected chi connectivity index (χ1v) is 13.5. The number of hydrogen-bond acceptors (Lipinski definition) is 3. The second-order valence-corrected chi connectivity index (χ2v) is 11.1. The van der Waals surface area contributed by atoms with E-state index in [9.17, 15) is 9.59 Å². The Hall–Kier alpha value is -2.66. The zero-order chi connectivity index (χ0) is 24.3. The molecule has 1 aliphatic carbocycles. The molecule has 4 fully saturated rings. The van der Waals surface area contributed by atoms with Crippen LogP contribution in [0, 0.1) is 12.8 Å². The average molecular weight is 476 g/mol. The second kappa shape index (κ2) is 10.1. The van der Waals surface area contributed by atoms with Crippen molar-refractivity contribution in [2.45, 2.75) is 69.8 Å². The largest absolute Gasteiger partial charge is 0.455 e. The van der Waals surface area contributed by atoms with Gasteiger partial charge in [-0.05, 0) is 37.0 Å². The molecular formula is C30H39N2O3+. The number of esters is 1. The summed E-state index contributed by atoms with van der Waals surface area (Å²) in [6, 6.07) is 18.2. The Morgan fingerprint density at radius 1 is 0.943 bits per heavy atom. The van der Waals surface area contributed by atoms with Gasteiger partial charge in [0.2, 0.25) is 0 Å². The normalized spacial score (nSPS) is 27.6. The molecular weight excluding hydrogens is 436 g/mol. The van der Waals surface area contributed by atoms with Gasteiger partial charge in [-0.3, -0.25) is 9.59 Å². The predicted octanol–water partition coefficient (Wildman–Crippen LogP) is 5.38. The van der Waals surface area contributed by atoms with Gasteiger partial charge in [0.1, 0.15) is 6.54 Å². The third-order valence-electron chi connectivity index (χ3n) is 8.87. The first kappa shape index (κ1) is 24.1. The van der Waals surface area contributed by atoms with Gasteiger partial charge in [0.25, 0.3) is 5.91 Å². The number of carbonyl (C=O) groups is 2. The maximum Gasteiger partial charge on any atom is 0.317 e. The number of aryl methyl sites for hydroxylation is 1. The highest BCUT2D eigenvalue weighted by Gasteiger charge is 2.51. The van der Waals surface area contributed by atoms with Crippen LogP contribution in [0.3, 0.4) is 0 Å². The topological polar surface area (TPSA) is 55.4 Å². The van der Waals surface area contributed by atoms with Crippen LogP contribution in [0.15, 0.2) is 54.6 Å². The van der Waals surface area contributed by atoms with Gasteiger partial charge in [-0.1, -0.05) is 74.2 Å². The number of rotatable bonds is 6. The van der Waals surface area contributed by atoms with E-state index in [0.717, 1.165) is 79.5 Å². The highest BCUT2D eigenvalue weighted by Crippen LogP contribution is 2.42. The van der Waals surface area contributed by atoms with Gasteiger partial charge in [0.15, 0.2) is 12.6 Å². The quantitative estimate of drug-likeness (QED) is 0.347. The van der Waals surface area contributed by atoms with Gasteiger partial charge in [0.05, 0.1) is 18.5 Å². The van der Waals surface area contributed by atoms with Gasteiger partial charge >= 0.3 is 5.97 Å². The molecule has 0 radical (unpaired) electrons. The molecule has 35 heavy (non-hydrogen) atoms. The predicted molar refractivity (Wildman–Crippen MR) is 138 cm³/mol. The molecule has 2 aromatic rings. The van der Waals surface area contributed by atoms with E-state index in [-0.39, 0.29) is 18.0 Å². The molecule has 1 atom stereocenters. The van der Waals surface area contributed by atoms with Crippen molar-refractivity contribution in [2.75, 3.05) is 31.5 Å². The number of carbonyl (C=O) groups excluding carboxylic acids is 2. The molecule has 1 N–H and O–H groups in total. The summed E-state index contributed by atoms with van der Waals surface area (Å²) in [6.45, 7) is 5.19. The van der Waals surface area contributed by atoms with E-state index in [1.165, 1.54) is 12.8 Å². The van der Waals surface area contributed by atoms with E-state index in [1.807, 2.05) is 49.4 Å². The van der Waals surface area contributed by atoms with E-state index >= 15 is 0 Å². The maximum absolute atomic E-state index is 13.9. The first-order valence-electron chi connectivity index (χ1n) is 13.5. The van der Waals surface area contributed by atoms with Crippen molar-refractivity contribution in [1.82, 2.24) is 0 Å². The van der Waals surface area contributed by atoms with Crippen LogP contribution in [0.4, 0.5) is 5.69 Å². The molecule has 186 valence electrons. The monoisotopic (exact) mass is 475 g/mol. The zero-order valence-corrected chi connectivity index (χ0v) is 21.0. The molecule has 0 spiro atoms. The third-order valence-corrected chi connectivity index (χ3v) is 8.87. The lowest BCUT2D eigenvalue weighted by Crippen LogP contribution is -2.66. The molecule has 3 aliphatic heterocycles. The number of para-hydroxylation sites is 1. The van der Waals surface area contributed by atoms with E-state index in [1.54, 1.807) is 0 Å². The lowest BCUT2D eigenvalue weighted by atomic mass is 9.74. The number of quaternary nitrogens is 1. The molecule has 6 rings (SSSR count). The van der Waals surface area contributed by atoms with Crippen LogP contribution in [-0.2, 0) is 19.7 Å². The molecule has 5 heteroatoms. The van der Waals surface area contributed by atoms with Crippen molar-refractivity contribution >= 4 is 17.6 Å². The molecule has 1 saturated carbocycles. The highest BCUT2D eigenvalue weighted by molar-refractivity contribution is 5.92. The first-order chi connectivity index (χ1) is 17.0. The Balaban J connectivity index is 1.30. The molecule has 3 heterocycles. The van der Waals surface area contributed by atoms with Gasteiger partial charge in [-0.15, -0.1) is 0 Å². The molecule has 2 bridgehead atoms. The lowest BCUT2D eigenvalue weighted by Gasteiger charge is -2.52. The van der Waals surface area contributed by atoms with Crippen LogP contribution >= 0.6 is 0 Å². The minimum Gasteiger partial charge on any atom is -0.455 e.